The molecule has 3 atom stereocenters. The van der Waals surface area contributed by atoms with Crippen LogP contribution in [0.5, 0.6) is 0 Å². The van der Waals surface area contributed by atoms with Gasteiger partial charge in [-0.15, -0.1) is 0 Å². The van der Waals surface area contributed by atoms with E-state index in [0.29, 0.717) is 18.0 Å². The molecule has 102 valence electrons. The van der Waals surface area contributed by atoms with Crippen LogP contribution in [0.1, 0.15) is 25.7 Å². The van der Waals surface area contributed by atoms with Crippen molar-refractivity contribution in [1.29, 1.82) is 0 Å². The van der Waals surface area contributed by atoms with Gasteiger partial charge in [0.25, 0.3) is 0 Å². The lowest BCUT2D eigenvalue weighted by Gasteiger charge is -2.45. The van der Waals surface area contributed by atoms with Gasteiger partial charge in [0.2, 0.25) is 0 Å². The van der Waals surface area contributed by atoms with E-state index in [0.717, 1.165) is 32.7 Å². The number of nitrogens with zero attached hydrogens (tertiary/aromatic N) is 2. The van der Waals surface area contributed by atoms with E-state index in [-0.39, 0.29) is 6.03 Å². The Morgan fingerprint density at radius 3 is 2.94 bits per heavy atom. The molecule has 1 saturated carbocycles. The van der Waals surface area contributed by atoms with Crippen molar-refractivity contribution in [2.45, 2.75) is 37.8 Å². The summed E-state index contributed by atoms with van der Waals surface area (Å²) in [6, 6.07) is 1.16. The summed E-state index contributed by atoms with van der Waals surface area (Å²) < 4.78 is 0. The van der Waals surface area contributed by atoms with Gasteiger partial charge in [0, 0.05) is 32.2 Å². The van der Waals surface area contributed by atoms with Crippen LogP contribution in [-0.4, -0.2) is 60.6 Å². The van der Waals surface area contributed by atoms with Crippen molar-refractivity contribution in [3.05, 3.63) is 0 Å². The molecule has 2 amide bonds. The molecule has 0 bridgehead atoms. The SMILES string of the molecule is NCC1CCCCC1N1CCN2C(=O)NCC2C1. The predicted octanol–water partition coefficient (Wildman–Crippen LogP) is 0.213. The molecule has 2 aliphatic heterocycles. The van der Waals surface area contributed by atoms with Crippen molar-refractivity contribution in [3.8, 4) is 0 Å². The maximum Gasteiger partial charge on any atom is 0.317 e. The Hall–Kier alpha value is -0.810. The van der Waals surface area contributed by atoms with E-state index in [4.69, 9.17) is 5.73 Å². The number of nitrogens with two attached hydrogens (primary N) is 1. The maximum absolute atomic E-state index is 11.6. The smallest absolute Gasteiger partial charge is 0.317 e. The summed E-state index contributed by atoms with van der Waals surface area (Å²) >= 11 is 0. The third kappa shape index (κ3) is 2.10. The van der Waals surface area contributed by atoms with Crippen LogP contribution in [0.3, 0.4) is 0 Å². The summed E-state index contributed by atoms with van der Waals surface area (Å²) in [5.41, 5.74) is 5.93. The minimum absolute atomic E-state index is 0.124. The van der Waals surface area contributed by atoms with Crippen LogP contribution >= 0.6 is 0 Å². The molecule has 2 heterocycles. The Morgan fingerprint density at radius 1 is 1.28 bits per heavy atom. The quantitative estimate of drug-likeness (QED) is 0.739. The lowest BCUT2D eigenvalue weighted by atomic mass is 9.83. The number of piperazine rings is 1. The summed E-state index contributed by atoms with van der Waals surface area (Å²) in [6.07, 6.45) is 5.24. The molecule has 5 nitrogen and oxygen atoms in total. The fourth-order valence-corrected chi connectivity index (χ4v) is 3.87. The summed E-state index contributed by atoms with van der Waals surface area (Å²) in [7, 11) is 0. The van der Waals surface area contributed by atoms with Gasteiger partial charge in [0.05, 0.1) is 6.04 Å². The predicted molar refractivity (Wildman–Crippen MR) is 70.3 cm³/mol. The number of urea groups is 1. The molecule has 0 radical (unpaired) electrons. The third-order valence-corrected chi connectivity index (χ3v) is 4.90. The van der Waals surface area contributed by atoms with Gasteiger partial charge in [-0.2, -0.15) is 0 Å². The van der Waals surface area contributed by atoms with E-state index in [1.54, 1.807) is 0 Å². The fourth-order valence-electron chi connectivity index (χ4n) is 3.87. The van der Waals surface area contributed by atoms with Crippen LogP contribution in [0.4, 0.5) is 4.79 Å². The Balaban J connectivity index is 1.65. The van der Waals surface area contributed by atoms with Crippen LogP contribution in [0.25, 0.3) is 0 Å². The van der Waals surface area contributed by atoms with Crippen molar-refractivity contribution in [2.24, 2.45) is 11.7 Å². The molecule has 0 spiro atoms. The van der Waals surface area contributed by atoms with E-state index in [1.165, 1.54) is 25.7 Å². The first-order chi connectivity index (χ1) is 8.79. The van der Waals surface area contributed by atoms with Crippen molar-refractivity contribution >= 4 is 6.03 Å². The second-order valence-corrected chi connectivity index (χ2v) is 5.88. The van der Waals surface area contributed by atoms with Gasteiger partial charge in [-0.05, 0) is 25.3 Å². The summed E-state index contributed by atoms with van der Waals surface area (Å²) in [5.74, 6) is 0.662. The van der Waals surface area contributed by atoms with Crippen LogP contribution in [-0.2, 0) is 0 Å². The average molecular weight is 252 g/mol. The molecule has 0 aromatic heterocycles. The van der Waals surface area contributed by atoms with Crippen LogP contribution < -0.4 is 11.1 Å². The molecule has 3 unspecified atom stereocenters. The number of hydrogen-bond donors (Lipinski definition) is 2. The van der Waals surface area contributed by atoms with E-state index in [1.807, 2.05) is 4.90 Å². The standard InChI is InChI=1S/C13H24N4O/c14-7-10-3-1-2-4-12(10)16-5-6-17-11(9-16)8-15-13(17)18/h10-12H,1-9,14H2,(H,15,18). The molecule has 0 aromatic rings. The number of hydrogen-bond acceptors (Lipinski definition) is 3. The largest absolute Gasteiger partial charge is 0.336 e. The second-order valence-electron chi connectivity index (χ2n) is 5.88. The lowest BCUT2D eigenvalue weighted by Crippen LogP contribution is -2.57. The van der Waals surface area contributed by atoms with E-state index < -0.39 is 0 Å². The number of rotatable bonds is 2. The Labute approximate surface area is 109 Å². The average Bonchev–Trinajstić information content (AvgIpc) is 2.80. The van der Waals surface area contributed by atoms with Crippen LogP contribution in [0, 0.1) is 5.92 Å². The lowest BCUT2D eigenvalue weighted by molar-refractivity contribution is 0.0465. The number of nitrogens with one attached hydrogen (secondary N) is 1. The number of fused-ring (bicyclic) bond motifs is 1. The molecule has 18 heavy (non-hydrogen) atoms. The van der Waals surface area contributed by atoms with E-state index in [9.17, 15) is 4.79 Å². The third-order valence-electron chi connectivity index (χ3n) is 4.90. The molecule has 3 rings (SSSR count). The molecular formula is C13H24N4O. The van der Waals surface area contributed by atoms with Gasteiger partial charge in [0.15, 0.2) is 0 Å². The van der Waals surface area contributed by atoms with Crippen LogP contribution in [0.15, 0.2) is 0 Å². The molecule has 0 aromatic carbocycles. The first kappa shape index (κ1) is 12.2. The fraction of sp³-hybridized carbons (Fsp3) is 0.923. The Morgan fingerprint density at radius 2 is 2.11 bits per heavy atom. The van der Waals surface area contributed by atoms with Gasteiger partial charge in [-0.1, -0.05) is 12.8 Å². The Kier molecular flexibility index (Phi) is 3.43. The highest BCUT2D eigenvalue weighted by Gasteiger charge is 2.39. The van der Waals surface area contributed by atoms with Gasteiger partial charge in [-0.25, -0.2) is 4.79 Å². The normalized spacial score (nSPS) is 37.5. The number of amides is 2. The number of carbonyl (C=O) groups excluding carboxylic acids is 1. The zero-order chi connectivity index (χ0) is 12.5. The molecule has 3 fully saturated rings. The molecule has 3 aliphatic rings. The molecule has 5 heteroatoms. The topological polar surface area (TPSA) is 61.6 Å². The molecule has 1 aliphatic carbocycles. The molecular weight excluding hydrogens is 228 g/mol. The highest BCUT2D eigenvalue weighted by molar-refractivity contribution is 5.77. The summed E-state index contributed by atoms with van der Waals surface area (Å²) in [4.78, 5) is 16.2. The first-order valence-corrected chi connectivity index (χ1v) is 7.28. The second kappa shape index (κ2) is 5.05. The minimum Gasteiger partial charge on any atom is -0.336 e. The monoisotopic (exact) mass is 252 g/mol. The summed E-state index contributed by atoms with van der Waals surface area (Å²) in [5, 5.41) is 2.95. The van der Waals surface area contributed by atoms with Gasteiger partial charge >= 0.3 is 6.03 Å². The van der Waals surface area contributed by atoms with Crippen LogP contribution in [0.2, 0.25) is 0 Å². The van der Waals surface area contributed by atoms with E-state index >= 15 is 0 Å². The zero-order valence-electron chi connectivity index (χ0n) is 11.0. The van der Waals surface area contributed by atoms with Crippen molar-refractivity contribution in [1.82, 2.24) is 15.1 Å². The highest BCUT2D eigenvalue weighted by atomic mass is 16.2. The van der Waals surface area contributed by atoms with Gasteiger partial charge in [-0.3, -0.25) is 4.90 Å². The van der Waals surface area contributed by atoms with Gasteiger partial charge in [0.1, 0.15) is 0 Å². The van der Waals surface area contributed by atoms with Crippen molar-refractivity contribution in [3.63, 3.8) is 0 Å². The van der Waals surface area contributed by atoms with E-state index in [2.05, 4.69) is 10.2 Å². The maximum atomic E-state index is 11.6. The molecule has 2 saturated heterocycles. The summed E-state index contributed by atoms with van der Waals surface area (Å²) in [6.45, 7) is 4.55. The number of carbonyl (C=O) groups is 1. The highest BCUT2D eigenvalue weighted by Crippen LogP contribution is 2.29. The van der Waals surface area contributed by atoms with Crippen molar-refractivity contribution in [2.75, 3.05) is 32.7 Å². The van der Waals surface area contributed by atoms with Crippen molar-refractivity contribution < 1.29 is 4.79 Å². The van der Waals surface area contributed by atoms with Gasteiger partial charge < -0.3 is 16.0 Å². The first-order valence-electron chi connectivity index (χ1n) is 7.28. The molecule has 3 N–H and O–H groups in total. The zero-order valence-corrected chi connectivity index (χ0v) is 11.0. The minimum atomic E-state index is 0.124. The Bertz CT molecular complexity index is 322.